The summed E-state index contributed by atoms with van der Waals surface area (Å²) in [6, 6.07) is -0.521. The summed E-state index contributed by atoms with van der Waals surface area (Å²) < 4.78 is 109. The van der Waals surface area contributed by atoms with Gasteiger partial charge in [0, 0.05) is 18.4 Å². The van der Waals surface area contributed by atoms with Gasteiger partial charge >= 0.3 is 23.9 Å². The molecule has 3 fully saturated rings. The van der Waals surface area contributed by atoms with Gasteiger partial charge in [-0.25, -0.2) is 13.1 Å². The zero-order chi connectivity index (χ0) is 20.6. The van der Waals surface area contributed by atoms with Gasteiger partial charge in [-0.15, -0.1) is 0 Å². The maximum atomic E-state index is 13.2. The minimum atomic E-state index is -6.31. The summed E-state index contributed by atoms with van der Waals surface area (Å²) in [7, 11) is -4.12. The largest absolute Gasteiger partial charge is 0.550 e. The van der Waals surface area contributed by atoms with Gasteiger partial charge in [0.2, 0.25) is 10.0 Å². The molecule has 14 heteroatoms. The average Bonchev–Trinajstić information content (AvgIpc) is 3.03. The minimum Gasteiger partial charge on any atom is -0.550 e. The Morgan fingerprint density at radius 1 is 1.07 bits per heavy atom. The van der Waals surface area contributed by atoms with Crippen LogP contribution in [0.2, 0.25) is 0 Å². The number of fused-ring (bicyclic) bond motifs is 1. The summed E-state index contributed by atoms with van der Waals surface area (Å²) in [5, 5.41) is 9.06. The molecule has 1 N–H and O–H groups in total. The number of carboxylic acid groups (broad SMARTS) is 1. The number of esters is 1. The van der Waals surface area contributed by atoms with Crippen LogP contribution >= 0.6 is 0 Å². The molecule has 2 aliphatic carbocycles. The fraction of sp³-hybridized carbons (Fsp3) is 0.846. The molecule has 0 aromatic rings. The molecule has 1 aliphatic heterocycles. The molecule has 3 aliphatic rings. The van der Waals surface area contributed by atoms with Crippen molar-refractivity contribution in [2.24, 2.45) is 17.8 Å². The summed E-state index contributed by atoms with van der Waals surface area (Å²) >= 11 is 0. The molecule has 5 unspecified atom stereocenters. The van der Waals surface area contributed by atoms with Gasteiger partial charge in [0.1, 0.15) is 0 Å². The van der Waals surface area contributed by atoms with Crippen molar-refractivity contribution in [2.45, 2.75) is 48.5 Å². The van der Waals surface area contributed by atoms with Crippen molar-refractivity contribution in [1.82, 2.24) is 4.72 Å². The Hall–Kier alpha value is -1.57. The fourth-order valence-electron chi connectivity index (χ4n) is 4.43. The van der Waals surface area contributed by atoms with Crippen LogP contribution in [0.4, 0.5) is 26.3 Å². The van der Waals surface area contributed by atoms with Crippen LogP contribution in [0, 0.1) is 17.8 Å². The Kier molecular flexibility index (Phi) is 4.27. The number of rotatable bonds is 4. The Morgan fingerprint density at radius 2 is 1.63 bits per heavy atom. The van der Waals surface area contributed by atoms with Gasteiger partial charge in [-0.2, -0.15) is 26.3 Å². The lowest BCUT2D eigenvalue weighted by atomic mass is 9.85. The molecule has 3 rings (SSSR count). The number of carbonyl (C=O) groups is 2. The Labute approximate surface area is 148 Å². The lowest BCUT2D eigenvalue weighted by Gasteiger charge is -2.38. The number of ether oxygens (including phenoxy) is 1. The predicted molar refractivity (Wildman–Crippen MR) is 69.9 cm³/mol. The van der Waals surface area contributed by atoms with E-state index in [0.717, 1.165) is 0 Å². The summed E-state index contributed by atoms with van der Waals surface area (Å²) in [6.07, 6.45) is -15.1. The molecule has 1 saturated heterocycles. The van der Waals surface area contributed by atoms with Crippen molar-refractivity contribution in [3.63, 3.8) is 0 Å². The van der Waals surface area contributed by atoms with E-state index in [9.17, 15) is 49.5 Å². The van der Waals surface area contributed by atoms with Crippen LogP contribution in [0.25, 0.3) is 0 Å². The molecule has 2 saturated carbocycles. The maximum absolute atomic E-state index is 13.2. The number of aliphatic carboxylic acids is 1. The third kappa shape index (κ3) is 2.87. The highest BCUT2D eigenvalue weighted by Crippen LogP contribution is 2.56. The second kappa shape index (κ2) is 5.72. The summed E-state index contributed by atoms with van der Waals surface area (Å²) in [5.41, 5.74) is -5.33. The smallest absolute Gasteiger partial charge is 0.437 e. The summed E-state index contributed by atoms with van der Waals surface area (Å²) in [5.74, 6) is -7.90. The van der Waals surface area contributed by atoms with E-state index in [1.165, 1.54) is 0 Å². The van der Waals surface area contributed by atoms with Gasteiger partial charge in [-0.1, -0.05) is 0 Å². The average molecular weight is 424 g/mol. The second-order valence-corrected chi connectivity index (χ2v) is 8.82. The maximum Gasteiger partial charge on any atom is 0.437 e. The van der Waals surface area contributed by atoms with Crippen LogP contribution < -0.4 is 9.83 Å². The molecular weight excluding hydrogens is 412 g/mol. The number of nitrogens with one attached hydrogen (secondary N) is 1. The number of alkyl halides is 6. The van der Waals surface area contributed by atoms with Crippen LogP contribution in [-0.2, 0) is 24.3 Å². The molecule has 0 amide bonds. The molecule has 154 valence electrons. The number of sulfonamides is 1. The third-order valence-corrected chi connectivity index (χ3v) is 7.45. The van der Waals surface area contributed by atoms with E-state index in [0.29, 0.717) is 0 Å². The first-order chi connectivity index (χ1) is 12.1. The topological polar surface area (TPSA) is 113 Å². The van der Waals surface area contributed by atoms with Crippen LogP contribution in [-0.4, -0.2) is 49.6 Å². The van der Waals surface area contributed by atoms with Crippen molar-refractivity contribution < 1.29 is 54.2 Å². The van der Waals surface area contributed by atoms with E-state index in [1.54, 1.807) is 0 Å². The molecule has 2 bridgehead atoms. The highest BCUT2D eigenvalue weighted by atomic mass is 32.2. The van der Waals surface area contributed by atoms with Gasteiger partial charge in [0.15, 0.2) is 0 Å². The monoisotopic (exact) mass is 424 g/mol. The summed E-state index contributed by atoms with van der Waals surface area (Å²) in [6.45, 7) is 0. The fourth-order valence-corrected chi connectivity index (χ4v) is 6.76. The highest BCUT2D eigenvalue weighted by Gasteiger charge is 2.75. The highest BCUT2D eigenvalue weighted by molar-refractivity contribution is 7.90. The first-order valence-electron chi connectivity index (χ1n) is 7.68. The lowest BCUT2D eigenvalue weighted by molar-refractivity contribution is -0.381. The van der Waals surface area contributed by atoms with Gasteiger partial charge < -0.3 is 14.6 Å². The minimum absolute atomic E-state index is 0.0751. The normalized spacial score (nSPS) is 34.7. The predicted octanol–water partition coefficient (Wildman–Crippen LogP) is -0.141. The van der Waals surface area contributed by atoms with Gasteiger partial charge in [-0.3, -0.25) is 4.79 Å². The lowest BCUT2D eigenvalue weighted by Crippen LogP contribution is -2.62. The third-order valence-electron chi connectivity index (χ3n) is 5.46. The first-order valence-corrected chi connectivity index (χ1v) is 9.22. The molecule has 0 radical (unpaired) electrons. The molecule has 1 heterocycles. The molecule has 27 heavy (non-hydrogen) atoms. The van der Waals surface area contributed by atoms with E-state index in [-0.39, 0.29) is 12.8 Å². The van der Waals surface area contributed by atoms with Crippen LogP contribution in [0.3, 0.4) is 0 Å². The van der Waals surface area contributed by atoms with Gasteiger partial charge in [0.25, 0.3) is 0 Å². The Morgan fingerprint density at radius 3 is 2.11 bits per heavy atom. The summed E-state index contributed by atoms with van der Waals surface area (Å²) in [4.78, 5) is 22.8. The van der Waals surface area contributed by atoms with Crippen molar-refractivity contribution in [3.8, 4) is 0 Å². The van der Waals surface area contributed by atoms with Gasteiger partial charge in [0.05, 0.1) is 11.2 Å². The number of hydrogen-bond acceptors (Lipinski definition) is 6. The molecule has 7 nitrogen and oxygen atoms in total. The van der Waals surface area contributed by atoms with E-state index >= 15 is 0 Å². The van der Waals surface area contributed by atoms with E-state index in [4.69, 9.17) is 0 Å². The quantitative estimate of drug-likeness (QED) is 0.497. The number of carbonyl (C=O) groups excluding carboxylic acids is 2. The zero-order valence-electron chi connectivity index (χ0n) is 13.1. The van der Waals surface area contributed by atoms with Crippen molar-refractivity contribution in [3.05, 3.63) is 0 Å². The number of hydrogen-bond donors (Lipinski definition) is 1. The van der Waals surface area contributed by atoms with Crippen LogP contribution in [0.5, 0.6) is 0 Å². The van der Waals surface area contributed by atoms with Crippen LogP contribution in [0.1, 0.15) is 19.3 Å². The molecule has 0 aromatic carbocycles. The molecular formula is C13H12F6NO6S-. The van der Waals surface area contributed by atoms with Crippen molar-refractivity contribution in [2.75, 3.05) is 0 Å². The van der Waals surface area contributed by atoms with Crippen molar-refractivity contribution in [1.29, 1.82) is 0 Å². The SMILES string of the molecule is O=C([O-])CC(OC(=O)C1C2CC3NS(=O)(=O)C1C3C2)(C(F)(F)F)C(F)(F)F. The van der Waals surface area contributed by atoms with Crippen LogP contribution in [0.15, 0.2) is 0 Å². The first kappa shape index (κ1) is 20.2. The van der Waals surface area contributed by atoms with E-state index < -0.39 is 75.4 Å². The molecule has 0 aromatic heterocycles. The Balaban J connectivity index is 1.97. The van der Waals surface area contributed by atoms with Gasteiger partial charge in [-0.05, 0) is 24.7 Å². The molecule has 5 atom stereocenters. The number of halogens is 6. The Bertz CT molecular complexity index is 761. The second-order valence-electron chi connectivity index (χ2n) is 6.95. The number of carboxylic acids is 1. The zero-order valence-corrected chi connectivity index (χ0v) is 14.0. The molecule has 0 spiro atoms. The standard InChI is InChI=1S/C13H13F6NO6S/c14-12(15,16)11(3-7(21)22,13(17,18)19)26-10(23)8-4-1-5-6(2-4)20-27(24,25)9(5)8/h4-6,8-9,20H,1-3H2,(H,21,22)/p-1. The van der Waals surface area contributed by atoms with E-state index in [2.05, 4.69) is 9.46 Å². The van der Waals surface area contributed by atoms with E-state index in [1.807, 2.05) is 0 Å². The van der Waals surface area contributed by atoms with Crippen molar-refractivity contribution >= 4 is 22.0 Å².